The highest BCUT2D eigenvalue weighted by Gasteiger charge is 2.09. The summed E-state index contributed by atoms with van der Waals surface area (Å²) >= 11 is 0. The summed E-state index contributed by atoms with van der Waals surface area (Å²) in [6.07, 6.45) is 5.39. The molecule has 0 aliphatic heterocycles. The summed E-state index contributed by atoms with van der Waals surface area (Å²) in [4.78, 5) is 18.2. The van der Waals surface area contributed by atoms with Gasteiger partial charge in [0.25, 0.3) is 0 Å². The smallest absolute Gasteiger partial charge is 0.239 e. The maximum atomic E-state index is 12.2. The molecule has 0 aliphatic rings. The lowest BCUT2D eigenvalue weighted by Crippen LogP contribution is -2.30. The number of hydrogen-bond donors (Lipinski definition) is 1. The van der Waals surface area contributed by atoms with E-state index >= 15 is 0 Å². The van der Waals surface area contributed by atoms with Crippen LogP contribution in [-0.4, -0.2) is 39.2 Å². The lowest BCUT2D eigenvalue weighted by atomic mass is 10.2. The van der Waals surface area contributed by atoms with Crippen LogP contribution < -0.4 is 5.32 Å². The Morgan fingerprint density at radius 2 is 1.92 bits per heavy atom. The topological polar surface area (TPSA) is 63.1 Å². The minimum atomic E-state index is -0.0786. The Balaban J connectivity index is 1.49. The van der Waals surface area contributed by atoms with Gasteiger partial charge in [-0.25, -0.2) is 0 Å². The van der Waals surface area contributed by atoms with Crippen LogP contribution in [0.3, 0.4) is 0 Å². The van der Waals surface area contributed by atoms with Crippen LogP contribution in [0.15, 0.2) is 67.1 Å². The number of pyridine rings is 1. The average molecular weight is 335 g/mol. The molecule has 3 aromatic rings. The van der Waals surface area contributed by atoms with Crippen LogP contribution in [0.1, 0.15) is 11.1 Å². The fourth-order valence-electron chi connectivity index (χ4n) is 2.57. The van der Waals surface area contributed by atoms with Gasteiger partial charge < -0.3 is 5.32 Å². The maximum Gasteiger partial charge on any atom is 0.239 e. The number of rotatable bonds is 7. The zero-order valence-corrected chi connectivity index (χ0v) is 14.2. The van der Waals surface area contributed by atoms with Crippen molar-refractivity contribution < 1.29 is 4.79 Å². The van der Waals surface area contributed by atoms with Crippen molar-refractivity contribution in [1.29, 1.82) is 0 Å². The molecule has 2 heterocycles. The molecule has 0 bridgehead atoms. The van der Waals surface area contributed by atoms with Crippen LogP contribution in [-0.2, 0) is 17.9 Å². The van der Waals surface area contributed by atoms with E-state index in [0.29, 0.717) is 18.9 Å². The van der Waals surface area contributed by atoms with Crippen molar-refractivity contribution in [2.45, 2.75) is 13.1 Å². The lowest BCUT2D eigenvalue weighted by Gasteiger charge is -2.15. The molecule has 6 nitrogen and oxygen atoms in total. The van der Waals surface area contributed by atoms with Gasteiger partial charge in [0.2, 0.25) is 5.91 Å². The second kappa shape index (κ2) is 8.21. The number of carbonyl (C=O) groups is 1. The Kier molecular flexibility index (Phi) is 5.53. The average Bonchev–Trinajstić information content (AvgIpc) is 3.03. The normalized spacial score (nSPS) is 10.8. The quantitative estimate of drug-likeness (QED) is 0.720. The van der Waals surface area contributed by atoms with Crippen molar-refractivity contribution in [2.24, 2.45) is 0 Å². The Morgan fingerprint density at radius 3 is 2.68 bits per heavy atom. The van der Waals surface area contributed by atoms with Crippen molar-refractivity contribution >= 4 is 11.7 Å². The molecule has 0 unspecified atom stereocenters. The van der Waals surface area contributed by atoms with Crippen LogP contribution in [0.4, 0.5) is 5.82 Å². The molecule has 0 spiro atoms. The van der Waals surface area contributed by atoms with Gasteiger partial charge in [-0.15, -0.1) is 0 Å². The number of carbonyl (C=O) groups excluding carboxylic acids is 1. The Hall–Kier alpha value is -2.99. The Labute approximate surface area is 147 Å². The van der Waals surface area contributed by atoms with E-state index in [1.165, 1.54) is 5.56 Å². The van der Waals surface area contributed by atoms with Gasteiger partial charge in [0.05, 0.1) is 13.1 Å². The van der Waals surface area contributed by atoms with Gasteiger partial charge in [-0.3, -0.25) is 19.4 Å². The first-order valence-corrected chi connectivity index (χ1v) is 8.14. The maximum absolute atomic E-state index is 12.2. The zero-order valence-electron chi connectivity index (χ0n) is 14.2. The van der Waals surface area contributed by atoms with Gasteiger partial charge in [0.15, 0.2) is 5.82 Å². The van der Waals surface area contributed by atoms with Crippen LogP contribution in [0.25, 0.3) is 0 Å². The molecule has 1 aromatic carbocycles. The minimum absolute atomic E-state index is 0.0786. The van der Waals surface area contributed by atoms with Gasteiger partial charge in [0, 0.05) is 31.2 Å². The fourth-order valence-corrected chi connectivity index (χ4v) is 2.57. The van der Waals surface area contributed by atoms with E-state index in [1.807, 2.05) is 48.5 Å². The first-order valence-electron chi connectivity index (χ1n) is 8.14. The van der Waals surface area contributed by atoms with E-state index in [1.54, 1.807) is 23.1 Å². The standard InChI is InChI=1S/C19H21N5O/c1-23(13-16-6-3-2-4-7-16)15-19(25)21-18-9-11-24(22-18)14-17-8-5-10-20-12-17/h2-12H,13-15H2,1H3,(H,21,22,25). The molecule has 0 radical (unpaired) electrons. The summed E-state index contributed by atoms with van der Waals surface area (Å²) in [6, 6.07) is 15.8. The number of nitrogens with zero attached hydrogens (tertiary/aromatic N) is 4. The van der Waals surface area contributed by atoms with Crippen molar-refractivity contribution in [3.05, 3.63) is 78.2 Å². The molecular formula is C19H21N5O. The van der Waals surface area contributed by atoms with Crippen LogP contribution in [0.2, 0.25) is 0 Å². The minimum Gasteiger partial charge on any atom is -0.308 e. The highest BCUT2D eigenvalue weighted by atomic mass is 16.2. The SMILES string of the molecule is CN(CC(=O)Nc1ccn(Cc2cccnc2)n1)Cc1ccccc1. The molecule has 25 heavy (non-hydrogen) atoms. The van der Waals surface area contributed by atoms with Crippen LogP contribution >= 0.6 is 0 Å². The number of aromatic nitrogens is 3. The number of anilines is 1. The van der Waals surface area contributed by atoms with E-state index in [2.05, 4.69) is 27.5 Å². The van der Waals surface area contributed by atoms with Crippen LogP contribution in [0.5, 0.6) is 0 Å². The van der Waals surface area contributed by atoms with Crippen LogP contribution in [0, 0.1) is 0 Å². The third kappa shape index (κ3) is 5.26. The summed E-state index contributed by atoms with van der Waals surface area (Å²) in [6.45, 7) is 1.66. The number of hydrogen-bond acceptors (Lipinski definition) is 4. The number of amides is 1. The third-order valence-electron chi connectivity index (χ3n) is 3.68. The first-order chi connectivity index (χ1) is 12.2. The molecule has 3 rings (SSSR count). The monoisotopic (exact) mass is 335 g/mol. The van der Waals surface area contributed by atoms with E-state index in [4.69, 9.17) is 0 Å². The highest BCUT2D eigenvalue weighted by molar-refractivity contribution is 5.91. The second-order valence-electron chi connectivity index (χ2n) is 5.97. The van der Waals surface area contributed by atoms with Gasteiger partial charge >= 0.3 is 0 Å². The number of benzene rings is 1. The molecule has 0 saturated carbocycles. The lowest BCUT2D eigenvalue weighted by molar-refractivity contribution is -0.117. The molecule has 128 valence electrons. The fraction of sp³-hybridized carbons (Fsp3) is 0.211. The highest BCUT2D eigenvalue weighted by Crippen LogP contribution is 2.07. The molecule has 1 N–H and O–H groups in total. The van der Waals surface area contributed by atoms with E-state index in [0.717, 1.165) is 12.1 Å². The van der Waals surface area contributed by atoms with E-state index in [-0.39, 0.29) is 5.91 Å². The van der Waals surface area contributed by atoms with Crippen molar-refractivity contribution in [1.82, 2.24) is 19.7 Å². The molecule has 0 atom stereocenters. The summed E-state index contributed by atoms with van der Waals surface area (Å²) in [5.41, 5.74) is 2.24. The number of nitrogens with one attached hydrogen (secondary N) is 1. The predicted molar refractivity (Wildman–Crippen MR) is 97.0 cm³/mol. The molecule has 0 fully saturated rings. The molecule has 6 heteroatoms. The van der Waals surface area contributed by atoms with Crippen molar-refractivity contribution in [3.63, 3.8) is 0 Å². The molecule has 0 saturated heterocycles. The summed E-state index contributed by atoms with van der Waals surface area (Å²) in [5.74, 6) is 0.479. The van der Waals surface area contributed by atoms with Crippen molar-refractivity contribution in [2.75, 3.05) is 18.9 Å². The van der Waals surface area contributed by atoms with Gasteiger partial charge in [0.1, 0.15) is 0 Å². The van der Waals surface area contributed by atoms with Gasteiger partial charge in [-0.05, 0) is 24.2 Å². The third-order valence-corrected chi connectivity index (χ3v) is 3.68. The van der Waals surface area contributed by atoms with Gasteiger partial charge in [-0.2, -0.15) is 5.10 Å². The van der Waals surface area contributed by atoms with E-state index in [9.17, 15) is 4.79 Å². The predicted octanol–water partition coefficient (Wildman–Crippen LogP) is 2.40. The molecule has 2 aromatic heterocycles. The Bertz CT molecular complexity index is 801. The molecule has 0 aliphatic carbocycles. The summed E-state index contributed by atoms with van der Waals surface area (Å²) in [5, 5.41) is 7.21. The molecular weight excluding hydrogens is 314 g/mol. The Morgan fingerprint density at radius 1 is 1.12 bits per heavy atom. The largest absolute Gasteiger partial charge is 0.308 e. The molecule has 1 amide bonds. The summed E-state index contributed by atoms with van der Waals surface area (Å²) < 4.78 is 1.78. The van der Waals surface area contributed by atoms with E-state index < -0.39 is 0 Å². The number of likely N-dealkylation sites (N-methyl/N-ethyl adjacent to an activating group) is 1. The first kappa shape index (κ1) is 16.9. The van der Waals surface area contributed by atoms with Crippen molar-refractivity contribution in [3.8, 4) is 0 Å². The zero-order chi connectivity index (χ0) is 17.5. The summed E-state index contributed by atoms with van der Waals surface area (Å²) in [7, 11) is 1.92. The second-order valence-corrected chi connectivity index (χ2v) is 5.97. The van der Waals surface area contributed by atoms with Gasteiger partial charge in [-0.1, -0.05) is 36.4 Å².